The lowest BCUT2D eigenvalue weighted by Crippen LogP contribution is -2.27. The molecule has 0 bridgehead atoms. The third kappa shape index (κ3) is 5.96. The molecule has 1 heterocycles. The number of carbonyl (C=O) groups excluding carboxylic acids is 2. The van der Waals surface area contributed by atoms with Crippen molar-refractivity contribution in [3.05, 3.63) is 58.6 Å². The Kier molecular flexibility index (Phi) is 8.18. The van der Waals surface area contributed by atoms with Crippen molar-refractivity contribution in [3.63, 3.8) is 0 Å². The van der Waals surface area contributed by atoms with Crippen LogP contribution in [0.1, 0.15) is 13.3 Å². The maximum Gasteiger partial charge on any atom is 0.247 e. The average Bonchev–Trinajstić information content (AvgIpc) is 2.82. The number of aromatic nitrogens is 2. The van der Waals surface area contributed by atoms with Crippen LogP contribution in [0.2, 0.25) is 5.02 Å². The highest BCUT2D eigenvalue weighted by atomic mass is 79.9. The Morgan fingerprint density at radius 3 is 2.79 bits per heavy atom. The zero-order valence-electron chi connectivity index (χ0n) is 17.5. The lowest BCUT2D eigenvalue weighted by atomic mass is 10.1. The average molecular weight is 537 g/mol. The standard InChI is InChI=1S/C22H20BrClFN5O3/c1-3-18(31)26-7-8-33-17-10-15-12(9-16(17)29-19(32)4-2)22(28-11-27-15)30-14-6-5-13(23)20(24)21(14)25/h4-6,9-11H,2-3,7-8H2,1H3,(H,26,31)(H,29,32)(H,27,28,30). The van der Waals surface area contributed by atoms with E-state index < -0.39 is 11.7 Å². The van der Waals surface area contributed by atoms with E-state index in [1.807, 2.05) is 0 Å². The number of anilines is 3. The van der Waals surface area contributed by atoms with E-state index in [1.54, 1.807) is 25.1 Å². The van der Waals surface area contributed by atoms with Gasteiger partial charge in [-0.3, -0.25) is 9.59 Å². The SMILES string of the molecule is C=CC(=O)Nc1cc2c(Nc3ccc(Br)c(Cl)c3F)ncnc2cc1OCCNC(=O)CC. The molecule has 3 aromatic rings. The van der Waals surface area contributed by atoms with E-state index in [0.717, 1.165) is 6.08 Å². The number of hydrogen-bond acceptors (Lipinski definition) is 6. The van der Waals surface area contributed by atoms with Gasteiger partial charge in [0.15, 0.2) is 5.82 Å². The van der Waals surface area contributed by atoms with Crippen molar-refractivity contribution in [3.8, 4) is 5.75 Å². The van der Waals surface area contributed by atoms with Crippen LogP contribution in [-0.2, 0) is 9.59 Å². The molecule has 0 aliphatic rings. The van der Waals surface area contributed by atoms with Gasteiger partial charge in [-0.25, -0.2) is 14.4 Å². The van der Waals surface area contributed by atoms with Crippen molar-refractivity contribution < 1.29 is 18.7 Å². The van der Waals surface area contributed by atoms with Gasteiger partial charge in [0.2, 0.25) is 11.8 Å². The largest absolute Gasteiger partial charge is 0.489 e. The lowest BCUT2D eigenvalue weighted by Gasteiger charge is -2.15. The van der Waals surface area contributed by atoms with Crippen LogP contribution in [-0.4, -0.2) is 34.9 Å². The fourth-order valence-electron chi connectivity index (χ4n) is 2.81. The van der Waals surface area contributed by atoms with E-state index in [4.69, 9.17) is 16.3 Å². The van der Waals surface area contributed by atoms with Gasteiger partial charge in [-0.05, 0) is 40.2 Å². The molecule has 3 N–H and O–H groups in total. The summed E-state index contributed by atoms with van der Waals surface area (Å²) in [5.41, 5.74) is 0.938. The number of carbonyl (C=O) groups is 2. The van der Waals surface area contributed by atoms with Gasteiger partial charge < -0.3 is 20.7 Å². The van der Waals surface area contributed by atoms with Crippen molar-refractivity contribution >= 4 is 67.4 Å². The molecule has 2 amide bonds. The van der Waals surface area contributed by atoms with Gasteiger partial charge in [0, 0.05) is 22.3 Å². The molecule has 0 aliphatic carbocycles. The molecule has 33 heavy (non-hydrogen) atoms. The first-order valence-corrected chi connectivity index (χ1v) is 11.0. The van der Waals surface area contributed by atoms with E-state index in [1.165, 1.54) is 12.4 Å². The first kappa shape index (κ1) is 24.4. The molecule has 0 saturated heterocycles. The van der Waals surface area contributed by atoms with Crippen molar-refractivity contribution in [2.75, 3.05) is 23.8 Å². The molecule has 11 heteroatoms. The van der Waals surface area contributed by atoms with Crippen molar-refractivity contribution in [2.45, 2.75) is 13.3 Å². The molecule has 8 nitrogen and oxygen atoms in total. The summed E-state index contributed by atoms with van der Waals surface area (Å²) in [6, 6.07) is 6.35. The van der Waals surface area contributed by atoms with E-state index >= 15 is 0 Å². The number of rotatable bonds is 9. The minimum absolute atomic E-state index is 0.0665. The van der Waals surface area contributed by atoms with Gasteiger partial charge >= 0.3 is 0 Å². The summed E-state index contributed by atoms with van der Waals surface area (Å²) in [4.78, 5) is 31.8. The molecular formula is C22H20BrClFN5O3. The van der Waals surface area contributed by atoms with Gasteiger partial charge in [-0.15, -0.1) is 0 Å². The van der Waals surface area contributed by atoms with Crippen molar-refractivity contribution in [1.82, 2.24) is 15.3 Å². The van der Waals surface area contributed by atoms with Crippen LogP contribution in [0.15, 0.2) is 47.7 Å². The van der Waals surface area contributed by atoms with E-state index in [-0.39, 0.29) is 23.2 Å². The molecule has 0 aliphatic heterocycles. The highest BCUT2D eigenvalue weighted by Crippen LogP contribution is 2.35. The summed E-state index contributed by atoms with van der Waals surface area (Å²) in [5, 5.41) is 8.74. The summed E-state index contributed by atoms with van der Waals surface area (Å²) in [7, 11) is 0. The minimum Gasteiger partial charge on any atom is -0.489 e. The second-order valence-electron chi connectivity index (χ2n) is 6.68. The van der Waals surface area contributed by atoms with Crippen LogP contribution in [0.4, 0.5) is 21.6 Å². The first-order valence-electron chi connectivity index (χ1n) is 9.86. The number of ether oxygens (including phenoxy) is 1. The third-order valence-corrected chi connectivity index (χ3v) is 5.73. The molecule has 0 unspecified atom stereocenters. The molecule has 0 fully saturated rings. The Balaban J connectivity index is 1.96. The van der Waals surface area contributed by atoms with Crippen LogP contribution >= 0.6 is 27.5 Å². The summed E-state index contributed by atoms with van der Waals surface area (Å²) >= 11 is 9.16. The van der Waals surface area contributed by atoms with Gasteiger partial charge in [0.1, 0.15) is 24.5 Å². The first-order chi connectivity index (χ1) is 15.8. The Hall–Kier alpha value is -3.24. The summed E-state index contributed by atoms with van der Waals surface area (Å²) in [5.74, 6) is -0.553. The summed E-state index contributed by atoms with van der Waals surface area (Å²) in [6.07, 6.45) is 2.80. The smallest absolute Gasteiger partial charge is 0.247 e. The second-order valence-corrected chi connectivity index (χ2v) is 7.91. The number of halogens is 3. The molecule has 2 aromatic carbocycles. The zero-order valence-corrected chi connectivity index (χ0v) is 19.9. The molecule has 0 radical (unpaired) electrons. The van der Waals surface area contributed by atoms with Gasteiger partial charge in [0.25, 0.3) is 0 Å². The number of nitrogens with zero attached hydrogens (tertiary/aromatic N) is 2. The Bertz CT molecular complexity index is 1220. The third-order valence-electron chi connectivity index (χ3n) is 4.47. The molecule has 0 saturated carbocycles. The normalized spacial score (nSPS) is 10.5. The quantitative estimate of drug-likeness (QED) is 0.203. The second kappa shape index (κ2) is 11.1. The monoisotopic (exact) mass is 535 g/mol. The van der Waals surface area contributed by atoms with Gasteiger partial charge in [-0.2, -0.15) is 0 Å². The van der Waals surface area contributed by atoms with E-state index in [0.29, 0.717) is 45.6 Å². The van der Waals surface area contributed by atoms with Crippen LogP contribution < -0.4 is 20.7 Å². The predicted molar refractivity (Wildman–Crippen MR) is 130 cm³/mol. The van der Waals surface area contributed by atoms with Gasteiger partial charge in [0.05, 0.1) is 28.5 Å². The minimum atomic E-state index is -0.646. The van der Waals surface area contributed by atoms with Gasteiger partial charge in [-0.1, -0.05) is 25.1 Å². The number of amides is 2. The predicted octanol–water partition coefficient (Wildman–Crippen LogP) is 4.96. The molecule has 0 atom stereocenters. The number of hydrogen-bond donors (Lipinski definition) is 3. The fraction of sp³-hybridized carbons (Fsp3) is 0.182. The molecular weight excluding hydrogens is 517 g/mol. The van der Waals surface area contributed by atoms with Crippen LogP contribution in [0.3, 0.4) is 0 Å². The summed E-state index contributed by atoms with van der Waals surface area (Å²) in [6.45, 7) is 5.67. The zero-order chi connectivity index (χ0) is 24.0. The number of benzene rings is 2. The van der Waals surface area contributed by atoms with Crippen molar-refractivity contribution in [2.24, 2.45) is 0 Å². The maximum atomic E-state index is 14.6. The number of fused-ring (bicyclic) bond motifs is 1. The Labute approximate surface area is 202 Å². The van der Waals surface area contributed by atoms with E-state index in [2.05, 4.69) is 48.4 Å². The molecule has 1 aromatic heterocycles. The van der Waals surface area contributed by atoms with Crippen LogP contribution in [0.25, 0.3) is 10.9 Å². The summed E-state index contributed by atoms with van der Waals surface area (Å²) < 4.78 is 20.8. The Morgan fingerprint density at radius 1 is 1.27 bits per heavy atom. The van der Waals surface area contributed by atoms with Crippen LogP contribution in [0, 0.1) is 5.82 Å². The fourth-order valence-corrected chi connectivity index (χ4v) is 3.28. The molecule has 0 spiro atoms. The van der Waals surface area contributed by atoms with E-state index in [9.17, 15) is 14.0 Å². The van der Waals surface area contributed by atoms with Crippen molar-refractivity contribution in [1.29, 1.82) is 0 Å². The molecule has 172 valence electrons. The van der Waals surface area contributed by atoms with Crippen LogP contribution in [0.5, 0.6) is 5.75 Å². The highest BCUT2D eigenvalue weighted by molar-refractivity contribution is 9.10. The lowest BCUT2D eigenvalue weighted by molar-refractivity contribution is -0.120. The molecule has 3 rings (SSSR count). The Morgan fingerprint density at radius 2 is 2.06 bits per heavy atom. The highest BCUT2D eigenvalue weighted by Gasteiger charge is 2.15. The maximum absolute atomic E-state index is 14.6. The number of nitrogens with one attached hydrogen (secondary N) is 3. The topological polar surface area (TPSA) is 105 Å².